The number of allylic oxidation sites excluding steroid dienone is 1. The van der Waals surface area contributed by atoms with Crippen molar-refractivity contribution in [2.24, 2.45) is 21.5 Å². The molecule has 3 rings (SSSR count). The summed E-state index contributed by atoms with van der Waals surface area (Å²) in [6.45, 7) is 12.5. The predicted octanol–water partition coefficient (Wildman–Crippen LogP) is 1.51. The lowest BCUT2D eigenvalue weighted by molar-refractivity contribution is -0.134. The van der Waals surface area contributed by atoms with Crippen LogP contribution in [0.25, 0.3) is 0 Å². The molecule has 1 fully saturated rings. The van der Waals surface area contributed by atoms with Crippen molar-refractivity contribution >= 4 is 35.7 Å². The number of aldehydes is 1. The molecule has 2 aliphatic rings. The number of unbranched alkanes of at least 4 members (excludes halogenated alkanes) is 2. The normalized spacial score (nSPS) is 15.5. The number of aliphatic imine (C=N–C) groups is 2. The van der Waals surface area contributed by atoms with Crippen molar-refractivity contribution < 1.29 is 52.3 Å². The van der Waals surface area contributed by atoms with Crippen LogP contribution in [0.1, 0.15) is 63.0 Å². The van der Waals surface area contributed by atoms with Crippen molar-refractivity contribution in [3.63, 3.8) is 0 Å². The van der Waals surface area contributed by atoms with E-state index in [9.17, 15) is 19.2 Å². The van der Waals surface area contributed by atoms with E-state index >= 15 is 0 Å². The Kier molecular flexibility index (Phi) is 29.6. The first kappa shape index (κ1) is 55.4. The summed E-state index contributed by atoms with van der Waals surface area (Å²) in [5.74, 6) is 0.700. The first-order chi connectivity index (χ1) is 32.3. The van der Waals surface area contributed by atoms with Crippen LogP contribution in [-0.2, 0) is 60.7 Å². The lowest BCUT2D eigenvalue weighted by atomic mass is 10.1. The Hall–Kier alpha value is -4.96. The highest BCUT2D eigenvalue weighted by Gasteiger charge is 2.23. The standard InChI is InChI=1S/C46H75N9O11/c1-3-4-5-13-51-46(48)52-40-11-16-55(41(40)35-47)37-39-9-8-38(34-42(39)60-2)36-53-17-19-54(20-18-53)45(59)12-22-61-24-26-63-28-30-65-32-33-66-31-29-64-27-25-62-23-15-50-44(58)10-14-49-43(57)7-6-21-56/h8-9,11,16,21,34-35H,3-7,10,12-15,17-20,22-33,36-37,47H2,1-2H3,(H2,48,51)(H,49,57)(H,50,58)/b41-35-,52-40-. The minimum Gasteiger partial charge on any atom is -0.496 e. The number of rotatable bonds is 36. The third-order valence-corrected chi connectivity index (χ3v) is 10.3. The van der Waals surface area contributed by atoms with Crippen LogP contribution in [0.15, 0.2) is 52.4 Å². The molecule has 0 radical (unpaired) electrons. The van der Waals surface area contributed by atoms with Gasteiger partial charge in [-0.05, 0) is 24.1 Å². The van der Waals surface area contributed by atoms with Crippen molar-refractivity contribution in [1.82, 2.24) is 25.3 Å². The minimum atomic E-state index is -0.248. The second kappa shape index (κ2) is 35.3. The molecule has 0 aromatic heterocycles. The molecule has 20 heteroatoms. The molecule has 0 aliphatic carbocycles. The molecule has 370 valence electrons. The van der Waals surface area contributed by atoms with E-state index in [0.29, 0.717) is 130 Å². The van der Waals surface area contributed by atoms with Crippen LogP contribution >= 0.6 is 0 Å². The number of carbonyl (C=O) groups is 4. The summed E-state index contributed by atoms with van der Waals surface area (Å²) in [4.78, 5) is 61.4. The molecule has 2 aliphatic heterocycles. The van der Waals surface area contributed by atoms with E-state index in [1.54, 1.807) is 7.11 Å². The second-order valence-corrected chi connectivity index (χ2v) is 15.3. The van der Waals surface area contributed by atoms with Crippen LogP contribution in [-0.4, -0.2) is 183 Å². The zero-order valence-electron chi connectivity index (χ0n) is 39.2. The summed E-state index contributed by atoms with van der Waals surface area (Å²) in [5, 5.41) is 5.30. The lowest BCUT2D eigenvalue weighted by Crippen LogP contribution is -2.48. The average molecular weight is 930 g/mol. The topological polar surface area (TPSA) is 243 Å². The number of carbonyl (C=O) groups excluding carboxylic acids is 4. The van der Waals surface area contributed by atoms with E-state index in [2.05, 4.69) is 50.6 Å². The summed E-state index contributed by atoms with van der Waals surface area (Å²) in [6.07, 6.45) is 10.1. The number of ether oxygens (including phenoxy) is 7. The van der Waals surface area contributed by atoms with E-state index in [4.69, 9.17) is 44.6 Å². The fourth-order valence-electron chi connectivity index (χ4n) is 6.68. The molecule has 2 heterocycles. The van der Waals surface area contributed by atoms with Gasteiger partial charge in [-0.2, -0.15) is 0 Å². The Morgan fingerprint density at radius 2 is 1.36 bits per heavy atom. The summed E-state index contributed by atoms with van der Waals surface area (Å²) in [7, 11) is 1.68. The summed E-state index contributed by atoms with van der Waals surface area (Å²) in [5.41, 5.74) is 15.7. The van der Waals surface area contributed by atoms with Gasteiger partial charge in [0.1, 0.15) is 12.0 Å². The van der Waals surface area contributed by atoms with Crippen molar-refractivity contribution in [3.05, 3.63) is 53.5 Å². The molecule has 0 bridgehead atoms. The van der Waals surface area contributed by atoms with Gasteiger partial charge in [-0.25, -0.2) is 4.99 Å². The lowest BCUT2D eigenvalue weighted by Gasteiger charge is -2.35. The quantitative estimate of drug-likeness (QED) is 0.0323. The van der Waals surface area contributed by atoms with Gasteiger partial charge in [-0.3, -0.25) is 24.3 Å². The molecule has 0 unspecified atom stereocenters. The van der Waals surface area contributed by atoms with E-state index in [0.717, 1.165) is 61.5 Å². The molecule has 3 amide bonds. The fourth-order valence-corrected chi connectivity index (χ4v) is 6.68. The molecule has 20 nitrogen and oxygen atoms in total. The molecule has 66 heavy (non-hydrogen) atoms. The van der Waals surface area contributed by atoms with Gasteiger partial charge >= 0.3 is 0 Å². The zero-order valence-corrected chi connectivity index (χ0v) is 39.2. The fraction of sp³-hybridized carbons (Fsp3) is 0.652. The van der Waals surface area contributed by atoms with E-state index in [-0.39, 0.29) is 49.5 Å². The summed E-state index contributed by atoms with van der Waals surface area (Å²) in [6, 6.07) is 6.28. The number of hydrogen-bond acceptors (Lipinski definition) is 15. The molecule has 0 saturated carbocycles. The van der Waals surface area contributed by atoms with Crippen LogP contribution in [0.2, 0.25) is 0 Å². The van der Waals surface area contributed by atoms with Gasteiger partial charge in [-0.1, -0.05) is 31.9 Å². The zero-order chi connectivity index (χ0) is 47.5. The minimum absolute atomic E-state index is 0.0941. The van der Waals surface area contributed by atoms with Gasteiger partial charge in [0.2, 0.25) is 23.7 Å². The number of benzene rings is 1. The Bertz CT molecular complexity index is 1690. The average Bonchev–Trinajstić information content (AvgIpc) is 3.70. The SMILES string of the molecule is CCCCC\N=C(N)/N=C1/C=CN(Cc2ccc(CN3CCN(C(=O)CCOCCOCCOCCOCCOCCOCCNC(=O)CCNC(=O)CCC=O)CC3)cc2OC)/C1=C\N. The number of piperazine rings is 1. The van der Waals surface area contributed by atoms with Gasteiger partial charge in [0.15, 0.2) is 0 Å². The Morgan fingerprint density at radius 1 is 0.758 bits per heavy atom. The van der Waals surface area contributed by atoms with Crippen LogP contribution < -0.4 is 26.8 Å². The highest BCUT2D eigenvalue weighted by atomic mass is 16.6. The number of methoxy groups -OCH3 is 1. The molecule has 6 N–H and O–H groups in total. The monoisotopic (exact) mass is 930 g/mol. The number of guanidine groups is 1. The third kappa shape index (κ3) is 24.0. The number of hydrogen-bond donors (Lipinski definition) is 4. The van der Waals surface area contributed by atoms with Crippen LogP contribution in [0.4, 0.5) is 0 Å². The van der Waals surface area contributed by atoms with Gasteiger partial charge < -0.3 is 69.9 Å². The number of nitrogens with zero attached hydrogens (tertiary/aromatic N) is 5. The Labute approximate surface area is 390 Å². The summed E-state index contributed by atoms with van der Waals surface area (Å²) < 4.78 is 38.9. The van der Waals surface area contributed by atoms with Crippen molar-refractivity contribution in [2.45, 2.75) is 65.0 Å². The molecule has 0 spiro atoms. The first-order valence-electron chi connectivity index (χ1n) is 23.1. The van der Waals surface area contributed by atoms with Gasteiger partial charge in [-0.15, -0.1) is 0 Å². The maximum Gasteiger partial charge on any atom is 0.224 e. The smallest absolute Gasteiger partial charge is 0.224 e. The largest absolute Gasteiger partial charge is 0.496 e. The van der Waals surface area contributed by atoms with E-state index < -0.39 is 0 Å². The third-order valence-electron chi connectivity index (χ3n) is 10.3. The molecule has 0 atom stereocenters. The number of nitrogens with two attached hydrogens (primary N) is 2. The molecular weight excluding hydrogens is 855 g/mol. The maximum absolute atomic E-state index is 12.8. The van der Waals surface area contributed by atoms with Crippen molar-refractivity contribution in [1.29, 1.82) is 0 Å². The molecule has 1 saturated heterocycles. The molecule has 1 aromatic carbocycles. The van der Waals surface area contributed by atoms with Crippen LogP contribution in [0.5, 0.6) is 5.75 Å². The van der Waals surface area contributed by atoms with Gasteiger partial charge in [0.05, 0.1) is 111 Å². The molecule has 1 aromatic rings. The first-order valence-corrected chi connectivity index (χ1v) is 23.1. The van der Waals surface area contributed by atoms with Crippen LogP contribution in [0.3, 0.4) is 0 Å². The summed E-state index contributed by atoms with van der Waals surface area (Å²) >= 11 is 0. The predicted molar refractivity (Wildman–Crippen MR) is 251 cm³/mol. The molecular formula is C46H75N9O11. The second-order valence-electron chi connectivity index (χ2n) is 15.3. The Morgan fingerprint density at radius 3 is 1.97 bits per heavy atom. The number of amides is 3. The van der Waals surface area contributed by atoms with E-state index in [1.807, 2.05) is 22.1 Å². The highest BCUT2D eigenvalue weighted by molar-refractivity contribution is 6.14. The van der Waals surface area contributed by atoms with Crippen LogP contribution in [0, 0.1) is 0 Å². The number of nitrogens with one attached hydrogen (secondary N) is 2. The highest BCUT2D eigenvalue weighted by Crippen LogP contribution is 2.27. The maximum atomic E-state index is 12.8. The van der Waals surface area contributed by atoms with E-state index in [1.165, 1.54) is 6.20 Å². The Balaban J connectivity index is 1.12. The van der Waals surface area contributed by atoms with Gasteiger partial charge in [0.25, 0.3) is 0 Å². The van der Waals surface area contributed by atoms with Crippen molar-refractivity contribution in [2.75, 3.05) is 132 Å². The van der Waals surface area contributed by atoms with Crippen molar-refractivity contribution in [3.8, 4) is 5.75 Å². The van der Waals surface area contributed by atoms with Gasteiger partial charge in [0, 0.05) is 89.6 Å².